The number of rotatable bonds is 4. The minimum Gasteiger partial charge on any atom is -0.248 e. The number of nitrogens with zero attached hydrogens (tertiary/aromatic N) is 3. The molecule has 124 valence electrons. The molecular weight excluding hydrogens is 306 g/mol. The zero-order chi connectivity index (χ0) is 17.2. The molecule has 0 spiro atoms. The molecule has 2 aromatic heterocycles. The second-order valence-corrected chi connectivity index (χ2v) is 6.43. The number of pyridine rings is 1. The van der Waals surface area contributed by atoms with Gasteiger partial charge in [0.2, 0.25) is 0 Å². The molecule has 3 nitrogen and oxygen atoms in total. The molecule has 0 saturated carbocycles. The van der Waals surface area contributed by atoms with Crippen molar-refractivity contribution in [2.45, 2.75) is 26.2 Å². The first-order valence-corrected chi connectivity index (χ1v) is 8.76. The quantitative estimate of drug-likeness (QED) is 0.488. The second-order valence-electron chi connectivity index (χ2n) is 6.43. The molecule has 2 heterocycles. The fraction of sp³-hybridized carbons (Fsp3) is 0.182. The van der Waals surface area contributed by atoms with Gasteiger partial charge in [0.15, 0.2) is 0 Å². The predicted molar refractivity (Wildman–Crippen MR) is 103 cm³/mol. The van der Waals surface area contributed by atoms with Gasteiger partial charge in [-0.2, -0.15) is 5.10 Å². The van der Waals surface area contributed by atoms with E-state index in [9.17, 15) is 0 Å². The Labute approximate surface area is 148 Å². The predicted octanol–water partition coefficient (Wildman–Crippen LogP) is 5.60. The van der Waals surface area contributed by atoms with E-state index in [1.165, 1.54) is 5.56 Å². The molecule has 1 atom stereocenters. The van der Waals surface area contributed by atoms with Gasteiger partial charge < -0.3 is 0 Å². The smallest absolute Gasteiger partial charge is 0.0741 e. The minimum atomic E-state index is 0.502. The Morgan fingerprint density at radius 2 is 1.76 bits per heavy atom. The molecule has 4 rings (SSSR count). The van der Waals surface area contributed by atoms with E-state index in [2.05, 4.69) is 67.6 Å². The maximum absolute atomic E-state index is 4.77. The van der Waals surface area contributed by atoms with E-state index in [4.69, 9.17) is 4.98 Å². The molecule has 0 fully saturated rings. The van der Waals surface area contributed by atoms with Gasteiger partial charge in [0.25, 0.3) is 0 Å². The first-order valence-electron chi connectivity index (χ1n) is 8.76. The van der Waals surface area contributed by atoms with Crippen molar-refractivity contribution < 1.29 is 0 Å². The number of aromatic nitrogens is 3. The Morgan fingerprint density at radius 3 is 2.64 bits per heavy atom. The van der Waals surface area contributed by atoms with Gasteiger partial charge in [-0.05, 0) is 36.1 Å². The lowest BCUT2D eigenvalue weighted by molar-refractivity contribution is 0.717. The molecule has 0 radical (unpaired) electrons. The Hall–Kier alpha value is -2.94. The number of benzene rings is 2. The molecule has 4 aromatic rings. The fourth-order valence-corrected chi connectivity index (χ4v) is 3.15. The molecule has 0 aliphatic carbocycles. The second kappa shape index (κ2) is 6.52. The van der Waals surface area contributed by atoms with Crippen LogP contribution in [0, 0.1) is 0 Å². The molecule has 0 aliphatic heterocycles. The van der Waals surface area contributed by atoms with Gasteiger partial charge in [-0.15, -0.1) is 0 Å². The summed E-state index contributed by atoms with van der Waals surface area (Å²) in [5.74, 6) is 0.502. The highest BCUT2D eigenvalue weighted by atomic mass is 15.3. The molecule has 0 aliphatic rings. The maximum Gasteiger partial charge on any atom is 0.0741 e. The third-order valence-electron chi connectivity index (χ3n) is 4.80. The Balaban J connectivity index is 1.75. The average molecular weight is 327 g/mol. The van der Waals surface area contributed by atoms with Gasteiger partial charge in [0.05, 0.1) is 23.1 Å². The lowest BCUT2D eigenvalue weighted by Gasteiger charge is -2.14. The van der Waals surface area contributed by atoms with Gasteiger partial charge >= 0.3 is 0 Å². The highest BCUT2D eigenvalue weighted by molar-refractivity contribution is 5.81. The zero-order valence-corrected chi connectivity index (χ0v) is 14.6. The molecule has 0 saturated heterocycles. The van der Waals surface area contributed by atoms with Crippen molar-refractivity contribution in [3.63, 3.8) is 0 Å². The molecule has 2 aromatic carbocycles. The van der Waals surface area contributed by atoms with Gasteiger partial charge in [-0.25, -0.2) is 9.67 Å². The SMILES string of the molecule is CCC(C)c1ccccc1-n1cc(-c2ccc3ccccc3n2)cn1. The summed E-state index contributed by atoms with van der Waals surface area (Å²) in [7, 11) is 0. The van der Waals surface area contributed by atoms with Gasteiger partial charge in [0.1, 0.15) is 0 Å². The number of hydrogen-bond acceptors (Lipinski definition) is 2. The summed E-state index contributed by atoms with van der Waals surface area (Å²) in [6.45, 7) is 4.48. The summed E-state index contributed by atoms with van der Waals surface area (Å²) >= 11 is 0. The van der Waals surface area contributed by atoms with E-state index in [-0.39, 0.29) is 0 Å². The van der Waals surface area contributed by atoms with Crippen LogP contribution >= 0.6 is 0 Å². The molecular formula is C22H21N3. The van der Waals surface area contributed by atoms with Crippen LogP contribution in [0.15, 0.2) is 73.1 Å². The summed E-state index contributed by atoms with van der Waals surface area (Å²) in [6, 6.07) is 20.8. The van der Waals surface area contributed by atoms with Crippen LogP contribution in [0.25, 0.3) is 27.8 Å². The van der Waals surface area contributed by atoms with Gasteiger partial charge in [0, 0.05) is 17.1 Å². The maximum atomic E-state index is 4.77. The molecule has 25 heavy (non-hydrogen) atoms. The van der Waals surface area contributed by atoms with Crippen LogP contribution in [0.2, 0.25) is 0 Å². The van der Waals surface area contributed by atoms with E-state index < -0.39 is 0 Å². The van der Waals surface area contributed by atoms with Crippen molar-refractivity contribution in [3.8, 4) is 16.9 Å². The molecule has 0 bridgehead atoms. The lowest BCUT2D eigenvalue weighted by atomic mass is 9.97. The van der Waals surface area contributed by atoms with Gasteiger partial charge in [-0.3, -0.25) is 0 Å². The largest absolute Gasteiger partial charge is 0.248 e. The Kier molecular flexibility index (Phi) is 4.06. The molecule has 0 amide bonds. The van der Waals surface area contributed by atoms with E-state index >= 15 is 0 Å². The van der Waals surface area contributed by atoms with Crippen LogP contribution in [-0.4, -0.2) is 14.8 Å². The van der Waals surface area contributed by atoms with Crippen LogP contribution in [0.4, 0.5) is 0 Å². The average Bonchev–Trinajstić information content (AvgIpc) is 3.17. The van der Waals surface area contributed by atoms with Crippen molar-refractivity contribution in [1.29, 1.82) is 0 Å². The van der Waals surface area contributed by atoms with Crippen molar-refractivity contribution >= 4 is 10.9 Å². The summed E-state index contributed by atoms with van der Waals surface area (Å²) < 4.78 is 1.97. The lowest BCUT2D eigenvalue weighted by Crippen LogP contribution is -2.02. The van der Waals surface area contributed by atoms with E-state index in [1.807, 2.05) is 29.1 Å². The van der Waals surface area contributed by atoms with Crippen molar-refractivity contribution in [1.82, 2.24) is 14.8 Å². The molecule has 0 N–H and O–H groups in total. The normalized spacial score (nSPS) is 12.4. The third-order valence-corrected chi connectivity index (χ3v) is 4.80. The van der Waals surface area contributed by atoms with Crippen LogP contribution in [0.5, 0.6) is 0 Å². The fourth-order valence-electron chi connectivity index (χ4n) is 3.15. The number of para-hydroxylation sites is 2. The van der Waals surface area contributed by atoms with E-state index in [0.717, 1.165) is 34.3 Å². The number of fused-ring (bicyclic) bond motifs is 1. The van der Waals surface area contributed by atoms with Crippen LogP contribution in [-0.2, 0) is 0 Å². The summed E-state index contributed by atoms with van der Waals surface area (Å²) in [4.78, 5) is 4.77. The minimum absolute atomic E-state index is 0.502. The zero-order valence-electron chi connectivity index (χ0n) is 14.6. The molecule has 3 heteroatoms. The summed E-state index contributed by atoms with van der Waals surface area (Å²) in [5.41, 5.74) is 5.46. The first-order chi connectivity index (χ1) is 12.3. The monoisotopic (exact) mass is 327 g/mol. The first kappa shape index (κ1) is 15.6. The Morgan fingerprint density at radius 1 is 0.960 bits per heavy atom. The summed E-state index contributed by atoms with van der Waals surface area (Å²) in [5, 5.41) is 5.75. The highest BCUT2D eigenvalue weighted by Crippen LogP contribution is 2.27. The van der Waals surface area contributed by atoms with E-state index in [0.29, 0.717) is 5.92 Å². The van der Waals surface area contributed by atoms with Crippen molar-refractivity contribution in [3.05, 3.63) is 78.6 Å². The van der Waals surface area contributed by atoms with E-state index in [1.54, 1.807) is 0 Å². The van der Waals surface area contributed by atoms with Gasteiger partial charge in [-0.1, -0.05) is 56.3 Å². The summed E-state index contributed by atoms with van der Waals surface area (Å²) in [6.07, 6.45) is 5.07. The Bertz CT molecular complexity index is 1020. The standard InChI is InChI=1S/C22H21N3/c1-3-16(2)19-9-5-7-11-22(19)25-15-18(14-23-25)21-13-12-17-8-4-6-10-20(17)24-21/h4-16H,3H2,1-2H3. The van der Waals surface area contributed by atoms with Crippen LogP contribution in [0.1, 0.15) is 31.7 Å². The topological polar surface area (TPSA) is 30.7 Å². The number of hydrogen-bond donors (Lipinski definition) is 0. The third kappa shape index (κ3) is 2.93. The van der Waals surface area contributed by atoms with Crippen molar-refractivity contribution in [2.24, 2.45) is 0 Å². The highest BCUT2D eigenvalue weighted by Gasteiger charge is 2.12. The van der Waals surface area contributed by atoms with Crippen molar-refractivity contribution in [2.75, 3.05) is 0 Å². The van der Waals surface area contributed by atoms with Crippen LogP contribution in [0.3, 0.4) is 0 Å². The molecule has 1 unspecified atom stereocenters. The van der Waals surface area contributed by atoms with Crippen LogP contribution < -0.4 is 0 Å².